The maximum absolute atomic E-state index is 12.0. The van der Waals surface area contributed by atoms with Gasteiger partial charge in [0.15, 0.2) is 6.10 Å². The number of ether oxygens (including phenoxy) is 2. The zero-order chi connectivity index (χ0) is 18.1. The second-order valence-electron chi connectivity index (χ2n) is 4.58. The Labute approximate surface area is 138 Å². The lowest BCUT2D eigenvalue weighted by Gasteiger charge is -2.13. The minimum absolute atomic E-state index is 0.262. The molecule has 24 heavy (non-hydrogen) atoms. The standard InChI is InChI=1S/C15H19N3O6/c1-9(13(20)18-15(22)16-2)24-12(19)8-17-14(21)10-6-4-5-7-11(10)23-3/h4-7,9H,8H2,1-3H3,(H,17,21)(H2,16,18,20,22)/t9-/m1/s1. The number of hydrogen-bond donors (Lipinski definition) is 3. The number of carbonyl (C=O) groups is 4. The molecule has 1 atom stereocenters. The van der Waals surface area contributed by atoms with Gasteiger partial charge in [-0.05, 0) is 19.1 Å². The number of rotatable bonds is 6. The fraction of sp³-hybridized carbons (Fsp3) is 0.333. The van der Waals surface area contributed by atoms with Gasteiger partial charge in [-0.25, -0.2) is 4.79 Å². The number of esters is 1. The lowest BCUT2D eigenvalue weighted by molar-refractivity contribution is -0.153. The predicted molar refractivity (Wildman–Crippen MR) is 83.5 cm³/mol. The van der Waals surface area contributed by atoms with E-state index in [4.69, 9.17) is 9.47 Å². The van der Waals surface area contributed by atoms with Crippen molar-refractivity contribution >= 4 is 23.8 Å². The maximum Gasteiger partial charge on any atom is 0.326 e. The van der Waals surface area contributed by atoms with E-state index in [-0.39, 0.29) is 5.56 Å². The van der Waals surface area contributed by atoms with Crippen LogP contribution in [0.1, 0.15) is 17.3 Å². The summed E-state index contributed by atoms with van der Waals surface area (Å²) >= 11 is 0. The Bertz CT molecular complexity index is 631. The van der Waals surface area contributed by atoms with Crippen LogP contribution in [0.25, 0.3) is 0 Å². The normalized spacial score (nSPS) is 11.0. The van der Waals surface area contributed by atoms with E-state index in [0.717, 1.165) is 0 Å². The average molecular weight is 337 g/mol. The molecule has 0 saturated carbocycles. The third kappa shape index (κ3) is 5.59. The van der Waals surface area contributed by atoms with E-state index >= 15 is 0 Å². The average Bonchev–Trinajstić information content (AvgIpc) is 2.59. The number of carbonyl (C=O) groups excluding carboxylic acids is 4. The van der Waals surface area contributed by atoms with Crippen molar-refractivity contribution in [3.8, 4) is 5.75 Å². The van der Waals surface area contributed by atoms with Gasteiger partial charge in [-0.15, -0.1) is 0 Å². The van der Waals surface area contributed by atoms with E-state index in [9.17, 15) is 19.2 Å². The van der Waals surface area contributed by atoms with Crippen molar-refractivity contribution in [3.63, 3.8) is 0 Å². The molecule has 9 nitrogen and oxygen atoms in total. The molecule has 1 rings (SSSR count). The Balaban J connectivity index is 2.49. The Morgan fingerprint density at radius 2 is 1.83 bits per heavy atom. The predicted octanol–water partition coefficient (Wildman–Crippen LogP) is -0.188. The van der Waals surface area contributed by atoms with Crippen LogP contribution in [0.2, 0.25) is 0 Å². The zero-order valence-corrected chi connectivity index (χ0v) is 13.5. The first kappa shape index (κ1) is 18.9. The lowest BCUT2D eigenvalue weighted by Crippen LogP contribution is -2.44. The molecular formula is C15H19N3O6. The van der Waals surface area contributed by atoms with Gasteiger partial charge in [0.25, 0.3) is 11.8 Å². The molecule has 0 aromatic heterocycles. The fourth-order valence-electron chi connectivity index (χ4n) is 1.65. The van der Waals surface area contributed by atoms with Crippen molar-refractivity contribution in [2.75, 3.05) is 20.7 Å². The molecular weight excluding hydrogens is 318 g/mol. The number of hydrogen-bond acceptors (Lipinski definition) is 6. The van der Waals surface area contributed by atoms with Crippen LogP contribution >= 0.6 is 0 Å². The van der Waals surface area contributed by atoms with Gasteiger partial charge >= 0.3 is 12.0 Å². The van der Waals surface area contributed by atoms with Gasteiger partial charge in [0, 0.05) is 7.05 Å². The highest BCUT2D eigenvalue weighted by molar-refractivity contribution is 5.99. The minimum atomic E-state index is -1.18. The van der Waals surface area contributed by atoms with Crippen molar-refractivity contribution in [1.82, 2.24) is 16.0 Å². The van der Waals surface area contributed by atoms with Gasteiger partial charge in [-0.2, -0.15) is 0 Å². The van der Waals surface area contributed by atoms with Gasteiger partial charge in [0.05, 0.1) is 12.7 Å². The Hall–Kier alpha value is -3.10. The van der Waals surface area contributed by atoms with Crippen molar-refractivity contribution in [3.05, 3.63) is 29.8 Å². The van der Waals surface area contributed by atoms with Crippen LogP contribution in [0, 0.1) is 0 Å². The molecule has 0 radical (unpaired) electrons. The maximum atomic E-state index is 12.0. The van der Waals surface area contributed by atoms with E-state index in [1.54, 1.807) is 24.3 Å². The topological polar surface area (TPSA) is 123 Å². The van der Waals surface area contributed by atoms with Crippen molar-refractivity contribution in [2.45, 2.75) is 13.0 Å². The molecule has 0 saturated heterocycles. The number of benzene rings is 1. The van der Waals surface area contributed by atoms with Gasteiger partial charge in [0.1, 0.15) is 12.3 Å². The van der Waals surface area contributed by atoms with Crippen molar-refractivity contribution < 1.29 is 28.7 Å². The summed E-state index contributed by atoms with van der Waals surface area (Å²) in [5.74, 6) is -1.76. The third-order valence-corrected chi connectivity index (χ3v) is 2.89. The Kier molecular flexibility index (Phi) is 7.21. The smallest absolute Gasteiger partial charge is 0.326 e. The highest BCUT2D eigenvalue weighted by Gasteiger charge is 2.20. The van der Waals surface area contributed by atoms with Crippen LogP contribution < -0.4 is 20.7 Å². The van der Waals surface area contributed by atoms with Crippen LogP contribution in [0.4, 0.5) is 4.79 Å². The molecule has 1 aromatic carbocycles. The SMILES string of the molecule is CNC(=O)NC(=O)[C@@H](C)OC(=O)CNC(=O)c1ccccc1OC. The number of para-hydroxylation sites is 1. The third-order valence-electron chi connectivity index (χ3n) is 2.89. The van der Waals surface area contributed by atoms with Crippen LogP contribution in [0.5, 0.6) is 5.75 Å². The first-order valence-electron chi connectivity index (χ1n) is 7.02. The molecule has 0 fully saturated rings. The summed E-state index contributed by atoms with van der Waals surface area (Å²) in [6.07, 6.45) is -1.18. The molecule has 0 aliphatic heterocycles. The number of nitrogens with one attached hydrogen (secondary N) is 3. The summed E-state index contributed by atoms with van der Waals surface area (Å²) in [4.78, 5) is 46.2. The number of urea groups is 1. The fourth-order valence-corrected chi connectivity index (χ4v) is 1.65. The van der Waals surface area contributed by atoms with Gasteiger partial charge < -0.3 is 20.1 Å². The van der Waals surface area contributed by atoms with Crippen LogP contribution in [0.3, 0.4) is 0 Å². The summed E-state index contributed by atoms with van der Waals surface area (Å²) in [6, 6.07) is 5.79. The molecule has 0 unspecified atom stereocenters. The molecule has 0 bridgehead atoms. The lowest BCUT2D eigenvalue weighted by atomic mass is 10.2. The molecule has 3 N–H and O–H groups in total. The second-order valence-corrected chi connectivity index (χ2v) is 4.58. The molecule has 9 heteroatoms. The van der Waals surface area contributed by atoms with Gasteiger partial charge in [0.2, 0.25) is 0 Å². The quantitative estimate of drug-likeness (QED) is 0.619. The summed E-state index contributed by atoms with van der Waals surface area (Å²) < 4.78 is 9.87. The van der Waals surface area contributed by atoms with Crippen molar-refractivity contribution in [2.24, 2.45) is 0 Å². The zero-order valence-electron chi connectivity index (χ0n) is 13.5. The van der Waals surface area contributed by atoms with E-state index in [0.29, 0.717) is 5.75 Å². The summed E-state index contributed by atoms with van der Waals surface area (Å²) in [5.41, 5.74) is 0.262. The largest absolute Gasteiger partial charge is 0.496 e. The van der Waals surface area contributed by atoms with Gasteiger partial charge in [-0.3, -0.25) is 19.7 Å². The van der Waals surface area contributed by atoms with Crippen LogP contribution in [-0.4, -0.2) is 50.6 Å². The molecule has 1 aromatic rings. The van der Waals surface area contributed by atoms with E-state index in [1.165, 1.54) is 21.1 Å². The van der Waals surface area contributed by atoms with Crippen molar-refractivity contribution in [1.29, 1.82) is 0 Å². The molecule has 0 aliphatic carbocycles. The Morgan fingerprint density at radius 1 is 1.17 bits per heavy atom. The number of imide groups is 1. The molecule has 4 amide bonds. The minimum Gasteiger partial charge on any atom is -0.496 e. The molecule has 130 valence electrons. The van der Waals surface area contributed by atoms with Crippen LogP contribution in [0.15, 0.2) is 24.3 Å². The summed E-state index contributed by atoms with van der Waals surface area (Å²) in [7, 11) is 2.76. The molecule has 0 spiro atoms. The first-order valence-corrected chi connectivity index (χ1v) is 7.02. The monoisotopic (exact) mass is 337 g/mol. The molecule has 0 aliphatic rings. The van der Waals surface area contributed by atoms with E-state index in [2.05, 4.69) is 10.6 Å². The highest BCUT2D eigenvalue weighted by atomic mass is 16.5. The second kappa shape index (κ2) is 9.13. The van der Waals surface area contributed by atoms with E-state index < -0.39 is 36.5 Å². The highest BCUT2D eigenvalue weighted by Crippen LogP contribution is 2.16. The molecule has 0 heterocycles. The Morgan fingerprint density at radius 3 is 2.46 bits per heavy atom. The first-order chi connectivity index (χ1) is 11.4. The van der Waals surface area contributed by atoms with Crippen LogP contribution in [-0.2, 0) is 14.3 Å². The summed E-state index contributed by atoms with van der Waals surface area (Å²) in [5, 5.41) is 6.53. The number of amides is 4. The summed E-state index contributed by atoms with van der Waals surface area (Å²) in [6.45, 7) is 0.868. The van der Waals surface area contributed by atoms with E-state index in [1.807, 2.05) is 5.32 Å². The van der Waals surface area contributed by atoms with Gasteiger partial charge in [-0.1, -0.05) is 12.1 Å². The number of methoxy groups -OCH3 is 1.